The highest BCUT2D eigenvalue weighted by molar-refractivity contribution is 7.19. The van der Waals surface area contributed by atoms with Crippen LogP contribution in [0, 0.1) is 0 Å². The van der Waals surface area contributed by atoms with Gasteiger partial charge in [0.15, 0.2) is 0 Å². The van der Waals surface area contributed by atoms with Gasteiger partial charge in [-0.15, -0.1) is 11.3 Å². The maximum Gasteiger partial charge on any atom is 0.343 e. The lowest BCUT2D eigenvalue weighted by Crippen LogP contribution is -2.23. The summed E-state index contributed by atoms with van der Waals surface area (Å²) in [5.74, 6) is -1.16. The molecule has 106 valence electrons. The van der Waals surface area contributed by atoms with Gasteiger partial charge in [-0.2, -0.15) is 0 Å². The lowest BCUT2D eigenvalue weighted by Gasteiger charge is -2.20. The van der Waals surface area contributed by atoms with Gasteiger partial charge in [-0.25, -0.2) is 4.79 Å². The molecule has 1 rings (SSSR count). The Morgan fingerprint density at radius 3 is 2.26 bits per heavy atom. The summed E-state index contributed by atoms with van der Waals surface area (Å²) in [6.45, 7) is 7.27. The van der Waals surface area contributed by atoms with Crippen LogP contribution < -0.4 is 16.4 Å². The number of nitrogens with zero attached hydrogens (tertiary/aromatic N) is 1. The summed E-state index contributed by atoms with van der Waals surface area (Å²) in [4.78, 5) is 25.5. The highest BCUT2D eigenvalue weighted by Gasteiger charge is 2.27. The van der Waals surface area contributed by atoms with Gasteiger partial charge in [0.25, 0.3) is 5.91 Å². The van der Waals surface area contributed by atoms with Gasteiger partial charge >= 0.3 is 5.97 Å². The van der Waals surface area contributed by atoms with Gasteiger partial charge < -0.3 is 21.1 Å². The molecule has 1 heterocycles. The van der Waals surface area contributed by atoms with E-state index >= 15 is 0 Å². The molecule has 6 nitrogen and oxygen atoms in total. The van der Waals surface area contributed by atoms with E-state index in [9.17, 15) is 9.59 Å². The molecule has 0 radical (unpaired) electrons. The van der Waals surface area contributed by atoms with E-state index in [0.717, 1.165) is 11.3 Å². The third kappa shape index (κ3) is 2.98. The predicted octanol–water partition coefficient (Wildman–Crippen LogP) is 1.45. The zero-order valence-corrected chi connectivity index (χ0v) is 12.2. The van der Waals surface area contributed by atoms with Crippen molar-refractivity contribution in [1.82, 2.24) is 0 Å². The second-order valence-electron chi connectivity index (χ2n) is 3.78. The summed E-state index contributed by atoms with van der Waals surface area (Å²) in [5.41, 5.74) is 11.5. The predicted molar refractivity (Wildman–Crippen MR) is 76.8 cm³/mol. The van der Waals surface area contributed by atoms with Crippen LogP contribution in [0.4, 0.5) is 10.7 Å². The van der Waals surface area contributed by atoms with Gasteiger partial charge in [-0.05, 0) is 20.8 Å². The first kappa shape index (κ1) is 15.3. The average Bonchev–Trinajstić information content (AvgIpc) is 2.69. The van der Waals surface area contributed by atoms with E-state index in [1.165, 1.54) is 0 Å². The van der Waals surface area contributed by atoms with E-state index in [2.05, 4.69) is 0 Å². The Balaban J connectivity index is 3.38. The van der Waals surface area contributed by atoms with Gasteiger partial charge in [0.05, 0.1) is 12.3 Å². The number of amides is 1. The molecule has 1 aromatic heterocycles. The van der Waals surface area contributed by atoms with E-state index in [1.807, 2.05) is 18.7 Å². The van der Waals surface area contributed by atoms with Crippen LogP contribution in [-0.4, -0.2) is 31.6 Å². The zero-order valence-electron chi connectivity index (χ0n) is 11.4. The molecule has 0 saturated heterocycles. The molecule has 1 aromatic rings. The SMILES string of the molecule is CCOC(=O)c1c(N(CC)CC)sc(C(N)=O)c1N. The number of carbonyl (C=O) groups is 2. The van der Waals surface area contributed by atoms with Crippen molar-refractivity contribution in [3.8, 4) is 0 Å². The van der Waals surface area contributed by atoms with E-state index in [4.69, 9.17) is 16.2 Å². The monoisotopic (exact) mass is 285 g/mol. The fraction of sp³-hybridized carbons (Fsp3) is 0.500. The van der Waals surface area contributed by atoms with Crippen molar-refractivity contribution in [2.45, 2.75) is 20.8 Å². The minimum atomic E-state index is -0.633. The van der Waals surface area contributed by atoms with Crippen LogP contribution in [0.25, 0.3) is 0 Å². The normalized spacial score (nSPS) is 10.3. The van der Waals surface area contributed by atoms with Crippen LogP contribution in [0.15, 0.2) is 0 Å². The maximum absolute atomic E-state index is 12.0. The molecule has 0 aromatic carbocycles. The van der Waals surface area contributed by atoms with Crippen molar-refractivity contribution >= 4 is 33.9 Å². The molecule has 4 N–H and O–H groups in total. The molecule has 0 atom stereocenters. The number of ether oxygens (including phenoxy) is 1. The highest BCUT2D eigenvalue weighted by Crippen LogP contribution is 2.38. The quantitative estimate of drug-likeness (QED) is 0.771. The third-order valence-corrected chi connectivity index (χ3v) is 3.96. The van der Waals surface area contributed by atoms with E-state index in [-0.39, 0.29) is 22.7 Å². The molecule has 1 amide bonds. The Bertz CT molecular complexity index is 481. The Hall–Kier alpha value is -1.76. The van der Waals surface area contributed by atoms with Crippen molar-refractivity contribution in [1.29, 1.82) is 0 Å². The number of esters is 1. The van der Waals surface area contributed by atoms with Crippen LogP contribution in [0.2, 0.25) is 0 Å². The van der Waals surface area contributed by atoms with Crippen LogP contribution in [0.3, 0.4) is 0 Å². The third-order valence-electron chi connectivity index (χ3n) is 2.68. The Morgan fingerprint density at radius 1 is 1.26 bits per heavy atom. The molecular weight excluding hydrogens is 266 g/mol. The smallest absolute Gasteiger partial charge is 0.343 e. The van der Waals surface area contributed by atoms with E-state index < -0.39 is 11.9 Å². The Kier molecular flexibility index (Phi) is 5.17. The number of nitrogens with two attached hydrogens (primary N) is 2. The molecule has 0 aliphatic rings. The van der Waals surface area contributed by atoms with Crippen LogP contribution in [0.5, 0.6) is 0 Å². The number of nitrogen functional groups attached to an aromatic ring is 1. The van der Waals surface area contributed by atoms with Crippen LogP contribution in [0.1, 0.15) is 40.8 Å². The number of rotatable bonds is 6. The van der Waals surface area contributed by atoms with Gasteiger partial charge in [0.2, 0.25) is 0 Å². The fourth-order valence-corrected chi connectivity index (χ4v) is 2.94. The van der Waals surface area contributed by atoms with Gasteiger partial charge in [-0.3, -0.25) is 4.79 Å². The molecule has 0 saturated carbocycles. The summed E-state index contributed by atoms with van der Waals surface area (Å²) < 4.78 is 4.99. The summed E-state index contributed by atoms with van der Waals surface area (Å²) >= 11 is 1.13. The lowest BCUT2D eigenvalue weighted by molar-refractivity contribution is 0.0529. The first-order valence-corrected chi connectivity index (χ1v) is 6.93. The van der Waals surface area contributed by atoms with Crippen molar-refractivity contribution in [2.24, 2.45) is 5.73 Å². The minimum absolute atomic E-state index is 0.109. The van der Waals surface area contributed by atoms with E-state index in [1.54, 1.807) is 6.92 Å². The first-order valence-electron chi connectivity index (χ1n) is 6.11. The topological polar surface area (TPSA) is 98.6 Å². The lowest BCUT2D eigenvalue weighted by atomic mass is 10.2. The molecule has 0 aliphatic carbocycles. The second kappa shape index (κ2) is 6.42. The van der Waals surface area contributed by atoms with Gasteiger partial charge in [-0.1, -0.05) is 0 Å². The standard InChI is InChI=1S/C12H19N3O3S/c1-4-15(5-2)11-7(12(17)18-6-3)8(13)9(19-11)10(14)16/h4-6,13H2,1-3H3,(H2,14,16). The average molecular weight is 285 g/mol. The molecule has 0 spiro atoms. The number of anilines is 2. The second-order valence-corrected chi connectivity index (χ2v) is 4.78. The molecule has 0 aliphatic heterocycles. The van der Waals surface area contributed by atoms with Crippen molar-refractivity contribution in [2.75, 3.05) is 30.3 Å². The molecule has 19 heavy (non-hydrogen) atoms. The number of thiophene rings is 1. The number of hydrogen-bond donors (Lipinski definition) is 2. The van der Waals surface area contributed by atoms with Crippen molar-refractivity contribution < 1.29 is 14.3 Å². The Labute approximate surface area is 116 Å². The minimum Gasteiger partial charge on any atom is -0.462 e. The number of hydrogen-bond acceptors (Lipinski definition) is 6. The molecule has 0 fully saturated rings. The largest absolute Gasteiger partial charge is 0.462 e. The highest BCUT2D eigenvalue weighted by atomic mass is 32.1. The van der Waals surface area contributed by atoms with E-state index in [0.29, 0.717) is 18.1 Å². The summed E-state index contributed by atoms with van der Waals surface area (Å²) in [5, 5.41) is 0.634. The number of primary amides is 1. The fourth-order valence-electron chi connectivity index (χ4n) is 1.75. The zero-order chi connectivity index (χ0) is 14.6. The number of carbonyl (C=O) groups excluding carboxylic acids is 2. The maximum atomic E-state index is 12.0. The molecule has 7 heteroatoms. The van der Waals surface area contributed by atoms with Crippen LogP contribution in [-0.2, 0) is 4.74 Å². The van der Waals surface area contributed by atoms with Crippen LogP contribution >= 0.6 is 11.3 Å². The molecule has 0 unspecified atom stereocenters. The summed E-state index contributed by atoms with van der Waals surface area (Å²) in [7, 11) is 0. The van der Waals surface area contributed by atoms with Gasteiger partial charge in [0, 0.05) is 13.1 Å². The first-order chi connectivity index (χ1) is 8.97. The van der Waals surface area contributed by atoms with Gasteiger partial charge in [0.1, 0.15) is 15.4 Å². The molecule has 0 bridgehead atoms. The molecular formula is C12H19N3O3S. The summed E-state index contributed by atoms with van der Waals surface area (Å²) in [6, 6.07) is 0. The Morgan fingerprint density at radius 2 is 1.84 bits per heavy atom. The summed E-state index contributed by atoms with van der Waals surface area (Å²) in [6.07, 6.45) is 0. The van der Waals surface area contributed by atoms with Crippen molar-refractivity contribution in [3.05, 3.63) is 10.4 Å². The van der Waals surface area contributed by atoms with Crippen molar-refractivity contribution in [3.63, 3.8) is 0 Å².